The van der Waals surface area contributed by atoms with E-state index in [0.717, 1.165) is 29.1 Å². The van der Waals surface area contributed by atoms with Crippen LogP contribution >= 0.6 is 0 Å². The normalized spacial score (nSPS) is 10.4. The van der Waals surface area contributed by atoms with Gasteiger partial charge in [0, 0.05) is 18.3 Å². The number of benzene rings is 1. The van der Waals surface area contributed by atoms with Crippen LogP contribution in [0.1, 0.15) is 27.4 Å². The summed E-state index contributed by atoms with van der Waals surface area (Å²) in [6, 6.07) is 9.77. The standard InChI is InChI=1S/C15H17NO2/c1-11-4-7-15(13(8-11)10-17)16(3)9-14-6-5-12(2)18-14/h4-8,10H,9H2,1-3H3. The van der Waals surface area contributed by atoms with E-state index in [-0.39, 0.29) is 0 Å². The summed E-state index contributed by atoms with van der Waals surface area (Å²) in [7, 11) is 1.95. The first kappa shape index (κ1) is 12.4. The number of aldehydes is 1. The lowest BCUT2D eigenvalue weighted by atomic mass is 10.1. The molecule has 0 saturated heterocycles. The first-order valence-electron chi connectivity index (χ1n) is 5.92. The molecule has 0 saturated carbocycles. The highest BCUT2D eigenvalue weighted by Gasteiger charge is 2.09. The number of carbonyl (C=O) groups excluding carboxylic acids is 1. The highest BCUT2D eigenvalue weighted by atomic mass is 16.3. The van der Waals surface area contributed by atoms with Gasteiger partial charge in [-0.2, -0.15) is 0 Å². The van der Waals surface area contributed by atoms with Gasteiger partial charge in [0.25, 0.3) is 0 Å². The second-order valence-corrected chi connectivity index (χ2v) is 4.55. The van der Waals surface area contributed by atoms with Crippen LogP contribution in [0.15, 0.2) is 34.7 Å². The molecule has 3 heteroatoms. The number of anilines is 1. The number of aryl methyl sites for hydroxylation is 2. The first-order valence-corrected chi connectivity index (χ1v) is 5.92. The average molecular weight is 243 g/mol. The second-order valence-electron chi connectivity index (χ2n) is 4.55. The van der Waals surface area contributed by atoms with Crippen molar-refractivity contribution in [3.8, 4) is 0 Å². The fraction of sp³-hybridized carbons (Fsp3) is 0.267. The molecule has 2 rings (SSSR count). The number of carbonyl (C=O) groups is 1. The van der Waals surface area contributed by atoms with Crippen LogP contribution in [0.4, 0.5) is 5.69 Å². The summed E-state index contributed by atoms with van der Waals surface area (Å²) in [4.78, 5) is 13.1. The summed E-state index contributed by atoms with van der Waals surface area (Å²) in [5.41, 5.74) is 2.72. The number of rotatable bonds is 4. The molecule has 0 fully saturated rings. The quantitative estimate of drug-likeness (QED) is 0.772. The Balaban J connectivity index is 2.23. The van der Waals surface area contributed by atoms with Crippen LogP contribution in [0.5, 0.6) is 0 Å². The molecular weight excluding hydrogens is 226 g/mol. The molecule has 1 aromatic heterocycles. The largest absolute Gasteiger partial charge is 0.464 e. The van der Waals surface area contributed by atoms with Crippen molar-refractivity contribution in [2.75, 3.05) is 11.9 Å². The van der Waals surface area contributed by atoms with Crippen LogP contribution in [-0.4, -0.2) is 13.3 Å². The van der Waals surface area contributed by atoms with E-state index in [4.69, 9.17) is 4.42 Å². The van der Waals surface area contributed by atoms with E-state index in [9.17, 15) is 4.79 Å². The smallest absolute Gasteiger partial charge is 0.152 e. The maximum atomic E-state index is 11.1. The van der Waals surface area contributed by atoms with Gasteiger partial charge in [0.2, 0.25) is 0 Å². The Morgan fingerprint density at radius 2 is 2.00 bits per heavy atom. The molecule has 18 heavy (non-hydrogen) atoms. The molecular formula is C15H17NO2. The predicted octanol–water partition coefficient (Wildman–Crippen LogP) is 3.35. The molecule has 0 radical (unpaired) electrons. The maximum Gasteiger partial charge on any atom is 0.152 e. The van der Waals surface area contributed by atoms with Gasteiger partial charge in [0.15, 0.2) is 6.29 Å². The third kappa shape index (κ3) is 2.62. The van der Waals surface area contributed by atoms with Crippen molar-refractivity contribution in [3.05, 3.63) is 53.0 Å². The summed E-state index contributed by atoms with van der Waals surface area (Å²) in [6.07, 6.45) is 0.895. The van der Waals surface area contributed by atoms with Crippen LogP contribution in [0, 0.1) is 13.8 Å². The van der Waals surface area contributed by atoms with E-state index in [1.165, 1.54) is 0 Å². The Bertz CT molecular complexity index is 557. The van der Waals surface area contributed by atoms with Crippen LogP contribution in [0.2, 0.25) is 0 Å². The van der Waals surface area contributed by atoms with Crippen molar-refractivity contribution >= 4 is 12.0 Å². The Morgan fingerprint density at radius 3 is 2.61 bits per heavy atom. The average Bonchev–Trinajstić information content (AvgIpc) is 2.74. The molecule has 0 unspecified atom stereocenters. The Morgan fingerprint density at radius 1 is 1.22 bits per heavy atom. The Labute approximate surface area is 107 Å². The molecule has 1 aromatic carbocycles. The van der Waals surface area contributed by atoms with E-state index < -0.39 is 0 Å². The molecule has 94 valence electrons. The fourth-order valence-electron chi connectivity index (χ4n) is 2.00. The van der Waals surface area contributed by atoms with E-state index in [1.807, 2.05) is 56.1 Å². The van der Waals surface area contributed by atoms with Crippen molar-refractivity contribution in [1.29, 1.82) is 0 Å². The lowest BCUT2D eigenvalue weighted by molar-refractivity contribution is 0.112. The zero-order valence-corrected chi connectivity index (χ0v) is 10.9. The maximum absolute atomic E-state index is 11.1. The highest BCUT2D eigenvalue weighted by molar-refractivity contribution is 5.84. The number of nitrogens with zero attached hydrogens (tertiary/aromatic N) is 1. The SMILES string of the molecule is Cc1ccc(N(C)Cc2ccc(C)o2)c(C=O)c1. The van der Waals surface area contributed by atoms with Crippen molar-refractivity contribution in [1.82, 2.24) is 0 Å². The third-order valence-corrected chi connectivity index (χ3v) is 2.91. The lowest BCUT2D eigenvalue weighted by Gasteiger charge is -2.20. The van der Waals surface area contributed by atoms with Gasteiger partial charge in [-0.1, -0.05) is 11.6 Å². The topological polar surface area (TPSA) is 33.5 Å². The van der Waals surface area contributed by atoms with Crippen LogP contribution in [-0.2, 0) is 6.54 Å². The fourth-order valence-corrected chi connectivity index (χ4v) is 2.00. The minimum atomic E-state index is 0.651. The molecule has 2 aromatic rings. The monoisotopic (exact) mass is 243 g/mol. The van der Waals surface area contributed by atoms with Gasteiger partial charge >= 0.3 is 0 Å². The molecule has 0 aliphatic rings. The summed E-state index contributed by atoms with van der Waals surface area (Å²) in [5, 5.41) is 0. The van der Waals surface area contributed by atoms with Gasteiger partial charge in [0.1, 0.15) is 11.5 Å². The van der Waals surface area contributed by atoms with Crippen molar-refractivity contribution in [2.45, 2.75) is 20.4 Å². The van der Waals surface area contributed by atoms with Gasteiger partial charge in [0.05, 0.1) is 6.54 Å². The summed E-state index contributed by atoms with van der Waals surface area (Å²) < 4.78 is 5.54. The minimum Gasteiger partial charge on any atom is -0.464 e. The lowest BCUT2D eigenvalue weighted by Crippen LogP contribution is -2.17. The van der Waals surface area contributed by atoms with E-state index in [2.05, 4.69) is 0 Å². The van der Waals surface area contributed by atoms with Gasteiger partial charge in [-0.15, -0.1) is 0 Å². The van der Waals surface area contributed by atoms with Crippen LogP contribution in [0.3, 0.4) is 0 Å². The third-order valence-electron chi connectivity index (χ3n) is 2.91. The molecule has 0 aliphatic carbocycles. The molecule has 3 nitrogen and oxygen atoms in total. The zero-order valence-electron chi connectivity index (χ0n) is 10.9. The van der Waals surface area contributed by atoms with Gasteiger partial charge in [-0.25, -0.2) is 0 Å². The molecule has 0 bridgehead atoms. The number of furan rings is 1. The number of hydrogen-bond donors (Lipinski definition) is 0. The van der Waals surface area contributed by atoms with Crippen LogP contribution in [0.25, 0.3) is 0 Å². The molecule has 0 N–H and O–H groups in total. The highest BCUT2D eigenvalue weighted by Crippen LogP contribution is 2.21. The van der Waals surface area contributed by atoms with Gasteiger partial charge in [-0.05, 0) is 38.1 Å². The summed E-state index contributed by atoms with van der Waals surface area (Å²) >= 11 is 0. The molecule has 0 amide bonds. The minimum absolute atomic E-state index is 0.651. The zero-order chi connectivity index (χ0) is 13.1. The van der Waals surface area contributed by atoms with Gasteiger partial charge in [-0.3, -0.25) is 4.79 Å². The summed E-state index contributed by atoms with van der Waals surface area (Å²) in [5.74, 6) is 1.80. The Hall–Kier alpha value is -2.03. The first-order chi connectivity index (χ1) is 8.60. The molecule has 0 spiro atoms. The van der Waals surface area contributed by atoms with E-state index in [1.54, 1.807) is 0 Å². The van der Waals surface area contributed by atoms with Crippen molar-refractivity contribution in [2.24, 2.45) is 0 Å². The van der Waals surface area contributed by atoms with Gasteiger partial charge < -0.3 is 9.32 Å². The number of hydrogen-bond acceptors (Lipinski definition) is 3. The van der Waals surface area contributed by atoms with E-state index >= 15 is 0 Å². The molecule has 0 atom stereocenters. The Kier molecular flexibility index (Phi) is 3.51. The predicted molar refractivity (Wildman–Crippen MR) is 72.1 cm³/mol. The van der Waals surface area contributed by atoms with Crippen molar-refractivity contribution < 1.29 is 9.21 Å². The van der Waals surface area contributed by atoms with Crippen LogP contribution < -0.4 is 4.90 Å². The van der Waals surface area contributed by atoms with Crippen molar-refractivity contribution in [3.63, 3.8) is 0 Å². The second kappa shape index (κ2) is 5.08. The van der Waals surface area contributed by atoms with E-state index in [0.29, 0.717) is 12.1 Å². The molecule has 1 heterocycles. The molecule has 0 aliphatic heterocycles. The summed E-state index contributed by atoms with van der Waals surface area (Å²) in [6.45, 7) is 4.55.